The van der Waals surface area contributed by atoms with Gasteiger partial charge in [-0.2, -0.15) is 0 Å². The molecule has 1 N–H and O–H groups in total. The normalized spacial score (nSPS) is 14.8. The first-order valence-corrected chi connectivity index (χ1v) is 7.92. The average molecular weight is 255 g/mol. The van der Waals surface area contributed by atoms with E-state index in [4.69, 9.17) is 0 Å². The predicted octanol–water partition coefficient (Wildman–Crippen LogP) is 5.40. The summed E-state index contributed by atoms with van der Waals surface area (Å²) in [5.74, 6) is 0.895. The van der Waals surface area contributed by atoms with Crippen LogP contribution in [0.5, 0.6) is 0 Å². The average Bonchev–Trinajstić information content (AvgIpc) is 2.18. The highest BCUT2D eigenvalue weighted by atomic mass is 14.9. The molecular weight excluding hydrogens is 218 g/mol. The van der Waals surface area contributed by atoms with E-state index in [9.17, 15) is 0 Å². The van der Waals surface area contributed by atoms with Crippen LogP contribution < -0.4 is 5.32 Å². The van der Waals surface area contributed by atoms with Crippen molar-refractivity contribution >= 4 is 0 Å². The lowest BCUT2D eigenvalue weighted by atomic mass is 9.75. The SMILES string of the molecule is CCCCC(CCCCNC(C)(C)C)C(C)(C)C. The van der Waals surface area contributed by atoms with Crippen molar-refractivity contribution in [2.24, 2.45) is 11.3 Å². The van der Waals surface area contributed by atoms with E-state index in [0.717, 1.165) is 12.5 Å². The van der Waals surface area contributed by atoms with Crippen LogP contribution in [0.25, 0.3) is 0 Å². The van der Waals surface area contributed by atoms with Gasteiger partial charge in [0.2, 0.25) is 0 Å². The lowest BCUT2D eigenvalue weighted by Crippen LogP contribution is -2.36. The number of hydrogen-bond acceptors (Lipinski definition) is 1. The second kappa shape index (κ2) is 8.19. The molecule has 0 saturated heterocycles. The molecule has 0 spiro atoms. The molecule has 18 heavy (non-hydrogen) atoms. The standard InChI is InChI=1S/C17H37N/c1-8-9-12-15(16(2,3)4)13-10-11-14-18-17(5,6)7/h15,18H,8-14H2,1-7H3. The Kier molecular flexibility index (Phi) is 8.18. The minimum Gasteiger partial charge on any atom is -0.312 e. The Morgan fingerprint density at radius 1 is 0.833 bits per heavy atom. The lowest BCUT2D eigenvalue weighted by molar-refractivity contribution is 0.202. The topological polar surface area (TPSA) is 12.0 Å². The van der Waals surface area contributed by atoms with Crippen LogP contribution in [0.15, 0.2) is 0 Å². The van der Waals surface area contributed by atoms with Gasteiger partial charge in [0.25, 0.3) is 0 Å². The molecule has 110 valence electrons. The fraction of sp³-hybridized carbons (Fsp3) is 1.00. The molecule has 0 heterocycles. The second-order valence-corrected chi connectivity index (χ2v) is 7.88. The molecule has 0 aliphatic carbocycles. The van der Waals surface area contributed by atoms with Gasteiger partial charge in [0.1, 0.15) is 0 Å². The van der Waals surface area contributed by atoms with E-state index < -0.39 is 0 Å². The highest BCUT2D eigenvalue weighted by molar-refractivity contribution is 4.75. The Balaban J connectivity index is 3.83. The van der Waals surface area contributed by atoms with Crippen molar-refractivity contribution in [1.29, 1.82) is 0 Å². The Morgan fingerprint density at radius 2 is 1.39 bits per heavy atom. The summed E-state index contributed by atoms with van der Waals surface area (Å²) in [6, 6.07) is 0. The molecule has 1 atom stereocenters. The van der Waals surface area contributed by atoms with Gasteiger partial charge < -0.3 is 5.32 Å². The molecule has 0 aliphatic rings. The molecule has 0 radical (unpaired) electrons. The van der Waals surface area contributed by atoms with E-state index in [-0.39, 0.29) is 5.54 Å². The molecule has 0 bridgehead atoms. The van der Waals surface area contributed by atoms with E-state index in [1.165, 1.54) is 38.5 Å². The summed E-state index contributed by atoms with van der Waals surface area (Å²) in [6.45, 7) is 17.4. The Labute approximate surface area is 116 Å². The third-order valence-corrected chi connectivity index (χ3v) is 3.77. The molecule has 0 aromatic carbocycles. The number of unbranched alkanes of at least 4 members (excludes halogenated alkanes) is 2. The van der Waals surface area contributed by atoms with E-state index in [2.05, 4.69) is 53.8 Å². The Hall–Kier alpha value is -0.0400. The van der Waals surface area contributed by atoms with E-state index in [1.54, 1.807) is 0 Å². The molecule has 1 unspecified atom stereocenters. The van der Waals surface area contributed by atoms with Crippen molar-refractivity contribution in [3.8, 4) is 0 Å². The van der Waals surface area contributed by atoms with Crippen LogP contribution in [-0.2, 0) is 0 Å². The molecule has 0 saturated carbocycles. The van der Waals surface area contributed by atoms with Gasteiger partial charge in [-0.25, -0.2) is 0 Å². The van der Waals surface area contributed by atoms with Crippen molar-refractivity contribution < 1.29 is 0 Å². The van der Waals surface area contributed by atoms with Gasteiger partial charge in [-0.1, -0.05) is 47.0 Å². The van der Waals surface area contributed by atoms with Crippen LogP contribution in [0, 0.1) is 11.3 Å². The first-order valence-electron chi connectivity index (χ1n) is 7.92. The van der Waals surface area contributed by atoms with Crippen LogP contribution in [0.1, 0.15) is 87.0 Å². The predicted molar refractivity (Wildman–Crippen MR) is 84.1 cm³/mol. The molecule has 0 amide bonds. The second-order valence-electron chi connectivity index (χ2n) is 7.88. The van der Waals surface area contributed by atoms with E-state index >= 15 is 0 Å². The third-order valence-electron chi connectivity index (χ3n) is 3.77. The van der Waals surface area contributed by atoms with Gasteiger partial charge in [0.15, 0.2) is 0 Å². The Bertz CT molecular complexity index is 195. The smallest absolute Gasteiger partial charge is 0.00965 e. The minimum atomic E-state index is 0.269. The van der Waals surface area contributed by atoms with Crippen molar-refractivity contribution in [3.05, 3.63) is 0 Å². The van der Waals surface area contributed by atoms with Gasteiger partial charge >= 0.3 is 0 Å². The third kappa shape index (κ3) is 9.94. The minimum absolute atomic E-state index is 0.269. The van der Waals surface area contributed by atoms with Gasteiger partial charge in [-0.3, -0.25) is 0 Å². The largest absolute Gasteiger partial charge is 0.312 e. The summed E-state index contributed by atoms with van der Waals surface area (Å²) >= 11 is 0. The first-order chi connectivity index (χ1) is 8.17. The molecule has 1 heteroatoms. The maximum absolute atomic E-state index is 3.58. The highest BCUT2D eigenvalue weighted by Gasteiger charge is 2.23. The highest BCUT2D eigenvalue weighted by Crippen LogP contribution is 2.34. The summed E-state index contributed by atoms with van der Waals surface area (Å²) in [4.78, 5) is 0. The van der Waals surface area contributed by atoms with Gasteiger partial charge in [0, 0.05) is 5.54 Å². The van der Waals surface area contributed by atoms with E-state index in [0.29, 0.717) is 5.41 Å². The molecule has 0 aliphatic heterocycles. The zero-order chi connectivity index (χ0) is 14.2. The number of hydrogen-bond donors (Lipinski definition) is 1. The van der Waals surface area contributed by atoms with Crippen molar-refractivity contribution in [2.75, 3.05) is 6.54 Å². The van der Waals surface area contributed by atoms with Gasteiger partial charge in [-0.05, 0) is 57.9 Å². The monoisotopic (exact) mass is 255 g/mol. The van der Waals surface area contributed by atoms with Crippen LogP contribution in [-0.4, -0.2) is 12.1 Å². The van der Waals surface area contributed by atoms with Crippen molar-refractivity contribution in [1.82, 2.24) is 5.32 Å². The van der Waals surface area contributed by atoms with Crippen LogP contribution in [0.2, 0.25) is 0 Å². The van der Waals surface area contributed by atoms with Gasteiger partial charge in [-0.15, -0.1) is 0 Å². The molecule has 0 fully saturated rings. The summed E-state index contributed by atoms with van der Waals surface area (Å²) < 4.78 is 0. The molecular formula is C17H37N. The maximum atomic E-state index is 3.58. The number of nitrogens with one attached hydrogen (secondary N) is 1. The van der Waals surface area contributed by atoms with Gasteiger partial charge in [0.05, 0.1) is 0 Å². The molecule has 0 rings (SSSR count). The van der Waals surface area contributed by atoms with Crippen LogP contribution in [0.3, 0.4) is 0 Å². The van der Waals surface area contributed by atoms with Crippen molar-refractivity contribution in [2.45, 2.75) is 92.5 Å². The maximum Gasteiger partial charge on any atom is 0.00965 e. The Morgan fingerprint density at radius 3 is 1.83 bits per heavy atom. The summed E-state index contributed by atoms with van der Waals surface area (Å²) in [6.07, 6.45) is 8.22. The van der Waals surface area contributed by atoms with E-state index in [1.807, 2.05) is 0 Å². The lowest BCUT2D eigenvalue weighted by Gasteiger charge is -2.31. The molecule has 0 aromatic heterocycles. The van der Waals surface area contributed by atoms with Crippen LogP contribution in [0.4, 0.5) is 0 Å². The summed E-state index contributed by atoms with van der Waals surface area (Å²) in [5.41, 5.74) is 0.748. The zero-order valence-electron chi connectivity index (χ0n) is 14.0. The van der Waals surface area contributed by atoms with Crippen molar-refractivity contribution in [3.63, 3.8) is 0 Å². The number of rotatable bonds is 8. The zero-order valence-corrected chi connectivity index (χ0v) is 14.0. The summed E-state index contributed by atoms with van der Waals surface area (Å²) in [5, 5.41) is 3.58. The molecule has 0 aromatic rings. The fourth-order valence-corrected chi connectivity index (χ4v) is 2.44. The van der Waals surface area contributed by atoms with Crippen LogP contribution >= 0.6 is 0 Å². The summed E-state index contributed by atoms with van der Waals surface area (Å²) in [7, 11) is 0. The molecule has 1 nitrogen and oxygen atoms in total. The first kappa shape index (κ1) is 18.0. The quantitative estimate of drug-likeness (QED) is 0.573. The fourth-order valence-electron chi connectivity index (χ4n) is 2.44.